The molecule has 3 N–H and O–H groups in total. The van der Waals surface area contributed by atoms with E-state index in [1.54, 1.807) is 53.6 Å². The monoisotopic (exact) mass is 462 g/mol. The molecular formula is C25H22N2O5S. The van der Waals surface area contributed by atoms with E-state index < -0.39 is 5.91 Å². The molecule has 33 heavy (non-hydrogen) atoms. The smallest absolute Gasteiger partial charge is 0.274 e. The van der Waals surface area contributed by atoms with Gasteiger partial charge in [-0.25, -0.2) is 5.48 Å². The molecule has 3 aromatic rings. The van der Waals surface area contributed by atoms with Gasteiger partial charge in [0.25, 0.3) is 11.8 Å². The number of carbonyl (C=O) groups is 2. The molecule has 0 bridgehead atoms. The average Bonchev–Trinajstić information content (AvgIpc) is 3.34. The molecule has 0 spiro atoms. The zero-order valence-electron chi connectivity index (χ0n) is 17.8. The van der Waals surface area contributed by atoms with Crippen molar-refractivity contribution in [1.29, 1.82) is 0 Å². The van der Waals surface area contributed by atoms with Gasteiger partial charge < -0.3 is 14.8 Å². The predicted molar refractivity (Wildman–Crippen MR) is 126 cm³/mol. The summed E-state index contributed by atoms with van der Waals surface area (Å²) in [6.07, 6.45) is 3.85. The van der Waals surface area contributed by atoms with Gasteiger partial charge in [-0.3, -0.25) is 14.8 Å². The van der Waals surface area contributed by atoms with Crippen LogP contribution in [0.2, 0.25) is 0 Å². The molecule has 7 nitrogen and oxygen atoms in total. The summed E-state index contributed by atoms with van der Waals surface area (Å²) in [5.74, 6) is 0.405. The Bertz CT molecular complexity index is 1190. The lowest BCUT2D eigenvalue weighted by Crippen LogP contribution is -2.24. The third kappa shape index (κ3) is 5.36. The lowest BCUT2D eigenvalue weighted by Gasteiger charge is -2.11. The second-order valence-corrected chi connectivity index (χ2v) is 8.10. The maximum absolute atomic E-state index is 13.2. The first-order chi connectivity index (χ1) is 16.1. The summed E-state index contributed by atoms with van der Waals surface area (Å²) < 4.78 is 10.9. The molecule has 168 valence electrons. The molecule has 0 aliphatic carbocycles. The number of fused-ring (bicyclic) bond motifs is 1. The van der Waals surface area contributed by atoms with Crippen LogP contribution < -0.4 is 20.3 Å². The maximum atomic E-state index is 13.2. The van der Waals surface area contributed by atoms with Crippen molar-refractivity contribution in [1.82, 2.24) is 10.8 Å². The number of rotatable bonds is 7. The molecule has 4 rings (SSSR count). The van der Waals surface area contributed by atoms with Gasteiger partial charge in [-0.05, 0) is 65.4 Å². The van der Waals surface area contributed by atoms with Gasteiger partial charge in [-0.2, -0.15) is 0 Å². The average molecular weight is 463 g/mol. The summed E-state index contributed by atoms with van der Waals surface area (Å²) >= 11 is 1.65. The Balaban J connectivity index is 1.57. The molecule has 0 aromatic heterocycles. The maximum Gasteiger partial charge on any atom is 0.274 e. The van der Waals surface area contributed by atoms with E-state index in [1.807, 2.05) is 42.7 Å². The normalized spacial score (nSPS) is 12.4. The van der Waals surface area contributed by atoms with Crippen LogP contribution in [0.4, 0.5) is 0 Å². The fraction of sp³-hybridized carbons (Fsp3) is 0.120. The zero-order valence-corrected chi connectivity index (χ0v) is 18.6. The summed E-state index contributed by atoms with van der Waals surface area (Å²) in [6.45, 7) is 0.428. The highest BCUT2D eigenvalue weighted by molar-refractivity contribution is 7.98. The fourth-order valence-electron chi connectivity index (χ4n) is 3.33. The molecular weight excluding hydrogens is 440 g/mol. The van der Waals surface area contributed by atoms with Crippen LogP contribution in [-0.4, -0.2) is 30.1 Å². The highest BCUT2D eigenvalue weighted by Crippen LogP contribution is 2.35. The number of hydroxylamine groups is 1. The van der Waals surface area contributed by atoms with Crippen molar-refractivity contribution in [2.45, 2.75) is 11.4 Å². The van der Waals surface area contributed by atoms with Crippen LogP contribution in [0.15, 0.2) is 71.6 Å². The van der Waals surface area contributed by atoms with E-state index in [2.05, 4.69) is 5.32 Å². The van der Waals surface area contributed by atoms with Gasteiger partial charge in [0.15, 0.2) is 11.5 Å². The quantitative estimate of drug-likeness (QED) is 0.161. The molecule has 0 fully saturated rings. The van der Waals surface area contributed by atoms with E-state index in [-0.39, 0.29) is 19.2 Å². The van der Waals surface area contributed by atoms with Crippen LogP contribution in [0.1, 0.15) is 27.0 Å². The molecule has 3 aromatic carbocycles. The van der Waals surface area contributed by atoms with Crippen molar-refractivity contribution in [3.8, 4) is 11.5 Å². The van der Waals surface area contributed by atoms with E-state index in [4.69, 9.17) is 14.7 Å². The van der Waals surface area contributed by atoms with Gasteiger partial charge in [0.05, 0.1) is 0 Å². The predicted octanol–water partition coefficient (Wildman–Crippen LogP) is 4.11. The van der Waals surface area contributed by atoms with Crippen molar-refractivity contribution in [3.63, 3.8) is 0 Å². The van der Waals surface area contributed by atoms with Gasteiger partial charge >= 0.3 is 0 Å². The molecule has 0 atom stereocenters. The van der Waals surface area contributed by atoms with Crippen LogP contribution in [0.25, 0.3) is 11.6 Å². The molecule has 0 unspecified atom stereocenters. The number of amides is 2. The standard InChI is InChI=1S/C25H22N2O5S/c1-33-20-9-4-16(5-10-20)12-21(19-8-11-22-23(13-19)32-15-31-22)25(29)26-14-17-2-6-18(7-3-17)24(28)27-30/h2-13,30H,14-15H2,1H3,(H,26,29)(H,27,28)/b21-12+. The van der Waals surface area contributed by atoms with E-state index >= 15 is 0 Å². The minimum atomic E-state index is -0.592. The van der Waals surface area contributed by atoms with Gasteiger partial charge in [-0.15, -0.1) is 11.8 Å². The minimum absolute atomic E-state index is 0.157. The number of thioether (sulfide) groups is 1. The fourth-order valence-corrected chi connectivity index (χ4v) is 3.74. The largest absolute Gasteiger partial charge is 0.454 e. The number of carbonyl (C=O) groups excluding carboxylic acids is 2. The number of nitrogens with one attached hydrogen (secondary N) is 2. The second-order valence-electron chi connectivity index (χ2n) is 7.22. The molecule has 1 heterocycles. The van der Waals surface area contributed by atoms with Crippen LogP contribution in [0.5, 0.6) is 11.5 Å². The summed E-state index contributed by atoms with van der Waals surface area (Å²) in [6, 6.07) is 20.0. The molecule has 0 saturated carbocycles. The third-order valence-electron chi connectivity index (χ3n) is 5.13. The van der Waals surface area contributed by atoms with Crippen molar-refractivity contribution >= 4 is 35.2 Å². The van der Waals surface area contributed by atoms with Crippen molar-refractivity contribution in [3.05, 3.63) is 89.0 Å². The van der Waals surface area contributed by atoms with Gasteiger partial charge in [-0.1, -0.05) is 30.3 Å². The molecule has 2 amide bonds. The summed E-state index contributed by atoms with van der Waals surface area (Å²) in [5, 5.41) is 11.7. The Hall–Kier alpha value is -3.75. The lowest BCUT2D eigenvalue weighted by atomic mass is 10.0. The van der Waals surface area contributed by atoms with Crippen LogP contribution in [0.3, 0.4) is 0 Å². The van der Waals surface area contributed by atoms with E-state index in [1.165, 1.54) is 0 Å². The van der Waals surface area contributed by atoms with E-state index in [0.29, 0.717) is 28.2 Å². The van der Waals surface area contributed by atoms with Crippen molar-refractivity contribution in [2.75, 3.05) is 13.0 Å². The second kappa shape index (κ2) is 10.2. The lowest BCUT2D eigenvalue weighted by molar-refractivity contribution is -0.115. The first kappa shape index (κ1) is 22.4. The topological polar surface area (TPSA) is 96.9 Å². The van der Waals surface area contributed by atoms with Crippen molar-refractivity contribution in [2.24, 2.45) is 0 Å². The number of benzene rings is 3. The van der Waals surface area contributed by atoms with Gasteiger partial charge in [0.2, 0.25) is 6.79 Å². The Morgan fingerprint density at radius 3 is 2.36 bits per heavy atom. The zero-order chi connectivity index (χ0) is 23.2. The number of hydrogen-bond donors (Lipinski definition) is 3. The SMILES string of the molecule is CSc1ccc(/C=C(/C(=O)NCc2ccc(C(=O)NO)cc2)c2ccc3c(c2)OCO3)cc1. The van der Waals surface area contributed by atoms with E-state index in [9.17, 15) is 9.59 Å². The van der Waals surface area contributed by atoms with Gasteiger partial charge in [0, 0.05) is 22.6 Å². The first-order valence-electron chi connectivity index (χ1n) is 10.1. The number of hydrogen-bond acceptors (Lipinski definition) is 6. The molecule has 1 aliphatic heterocycles. The number of ether oxygens (including phenoxy) is 2. The Labute approximate surface area is 195 Å². The highest BCUT2D eigenvalue weighted by Gasteiger charge is 2.18. The molecule has 1 aliphatic rings. The van der Waals surface area contributed by atoms with E-state index in [0.717, 1.165) is 16.0 Å². The van der Waals surface area contributed by atoms with Crippen LogP contribution in [-0.2, 0) is 11.3 Å². The third-order valence-corrected chi connectivity index (χ3v) is 5.87. The van der Waals surface area contributed by atoms with Crippen LogP contribution in [0, 0.1) is 0 Å². The summed E-state index contributed by atoms with van der Waals surface area (Å²) in [4.78, 5) is 25.8. The molecule has 8 heteroatoms. The minimum Gasteiger partial charge on any atom is -0.454 e. The van der Waals surface area contributed by atoms with Crippen LogP contribution >= 0.6 is 11.8 Å². The Morgan fingerprint density at radius 2 is 1.67 bits per heavy atom. The Kier molecular flexibility index (Phi) is 6.97. The highest BCUT2D eigenvalue weighted by atomic mass is 32.2. The van der Waals surface area contributed by atoms with Crippen molar-refractivity contribution < 1.29 is 24.3 Å². The summed E-state index contributed by atoms with van der Waals surface area (Å²) in [5.41, 5.74) is 4.82. The summed E-state index contributed by atoms with van der Waals surface area (Å²) in [7, 11) is 0. The van der Waals surface area contributed by atoms with Gasteiger partial charge in [0.1, 0.15) is 0 Å². The molecule has 0 saturated heterocycles. The Morgan fingerprint density at radius 1 is 0.970 bits per heavy atom. The molecule has 0 radical (unpaired) electrons. The first-order valence-corrected chi connectivity index (χ1v) is 11.4.